The Morgan fingerprint density at radius 3 is 2.88 bits per heavy atom. The number of aryl methyl sites for hydroxylation is 1. The van der Waals surface area contributed by atoms with Crippen molar-refractivity contribution in [2.75, 3.05) is 13.7 Å². The molecule has 0 saturated heterocycles. The van der Waals surface area contributed by atoms with Crippen LogP contribution in [-0.2, 0) is 19.5 Å². The van der Waals surface area contributed by atoms with Crippen LogP contribution in [0.5, 0.6) is 5.75 Å². The van der Waals surface area contributed by atoms with Gasteiger partial charge in [-0.25, -0.2) is 4.39 Å². The number of methoxy groups -OCH3 is 1. The van der Waals surface area contributed by atoms with E-state index in [0.29, 0.717) is 17.8 Å². The fourth-order valence-electron chi connectivity index (χ4n) is 3.49. The number of nitrogens with zero attached hydrogens (tertiary/aromatic N) is 2. The summed E-state index contributed by atoms with van der Waals surface area (Å²) >= 11 is 0. The molecule has 0 aliphatic carbocycles. The van der Waals surface area contributed by atoms with Crippen LogP contribution in [0.15, 0.2) is 47.0 Å². The van der Waals surface area contributed by atoms with Gasteiger partial charge in [0.25, 0.3) is 0 Å². The molecule has 0 atom stereocenters. The second-order valence-corrected chi connectivity index (χ2v) is 6.69. The summed E-state index contributed by atoms with van der Waals surface area (Å²) in [5, 5.41) is 4.15. The molecule has 0 amide bonds. The van der Waals surface area contributed by atoms with E-state index in [1.54, 1.807) is 19.2 Å². The largest absolute Gasteiger partial charge is 0.496 e. The van der Waals surface area contributed by atoms with Gasteiger partial charge in [0.1, 0.15) is 23.0 Å². The Balaban J connectivity index is 1.60. The maximum Gasteiger partial charge on any atom is 0.143 e. The van der Waals surface area contributed by atoms with E-state index in [2.05, 4.69) is 35.2 Å². The van der Waals surface area contributed by atoms with Crippen molar-refractivity contribution in [1.82, 2.24) is 10.1 Å². The van der Waals surface area contributed by atoms with Gasteiger partial charge in [0.2, 0.25) is 0 Å². The number of ether oxygens (including phenoxy) is 1. The summed E-state index contributed by atoms with van der Waals surface area (Å²) in [7, 11) is 1.70. The van der Waals surface area contributed by atoms with Crippen molar-refractivity contribution < 1.29 is 13.7 Å². The molecule has 26 heavy (non-hydrogen) atoms. The molecule has 0 N–H and O–H groups in total. The molecule has 2 aromatic carbocycles. The van der Waals surface area contributed by atoms with Crippen LogP contribution in [0.4, 0.5) is 4.39 Å². The van der Waals surface area contributed by atoms with Gasteiger partial charge >= 0.3 is 0 Å². The molecule has 134 valence electrons. The van der Waals surface area contributed by atoms with Crippen molar-refractivity contribution in [3.8, 4) is 17.0 Å². The lowest BCUT2D eigenvalue weighted by atomic mass is 10.0. The van der Waals surface area contributed by atoms with Gasteiger partial charge in [0, 0.05) is 42.7 Å². The Morgan fingerprint density at radius 2 is 2.08 bits per heavy atom. The molecule has 1 aliphatic heterocycles. The van der Waals surface area contributed by atoms with Crippen LogP contribution >= 0.6 is 0 Å². The van der Waals surface area contributed by atoms with Crippen molar-refractivity contribution in [1.29, 1.82) is 0 Å². The number of aromatic nitrogens is 1. The summed E-state index contributed by atoms with van der Waals surface area (Å²) in [6.07, 6.45) is 0.769. The highest BCUT2D eigenvalue weighted by atomic mass is 19.1. The zero-order valence-electron chi connectivity index (χ0n) is 15.0. The third kappa shape index (κ3) is 3.10. The highest BCUT2D eigenvalue weighted by Crippen LogP contribution is 2.32. The summed E-state index contributed by atoms with van der Waals surface area (Å²) in [5.74, 6) is 1.48. The van der Waals surface area contributed by atoms with Gasteiger partial charge < -0.3 is 9.26 Å². The van der Waals surface area contributed by atoms with Crippen LogP contribution in [-0.4, -0.2) is 23.7 Å². The first kappa shape index (κ1) is 16.8. The number of rotatable bonds is 4. The maximum atomic E-state index is 14.2. The van der Waals surface area contributed by atoms with Crippen LogP contribution in [0.1, 0.15) is 22.5 Å². The van der Waals surface area contributed by atoms with Crippen LogP contribution < -0.4 is 4.74 Å². The van der Waals surface area contributed by atoms with Crippen molar-refractivity contribution in [3.05, 3.63) is 70.7 Å². The van der Waals surface area contributed by atoms with E-state index in [1.165, 1.54) is 11.6 Å². The summed E-state index contributed by atoms with van der Waals surface area (Å²) in [6, 6.07) is 12.9. The number of halogens is 1. The average molecular weight is 352 g/mol. The van der Waals surface area contributed by atoms with E-state index in [0.717, 1.165) is 42.1 Å². The lowest BCUT2D eigenvalue weighted by Gasteiger charge is -2.26. The molecule has 0 unspecified atom stereocenters. The standard InChI is InChI=1S/C21H21FN2O2/c1-14-7-8-15(20(11-14)25-2)12-24-10-9-19-17(13-24)21(23-26-19)16-5-3-4-6-18(16)22/h3-8,11H,9-10,12-13H2,1-2H3. The first-order valence-corrected chi connectivity index (χ1v) is 8.74. The summed E-state index contributed by atoms with van der Waals surface area (Å²) < 4.78 is 25.2. The predicted octanol–water partition coefficient (Wildman–Crippen LogP) is 4.36. The first-order valence-electron chi connectivity index (χ1n) is 8.74. The fourth-order valence-corrected chi connectivity index (χ4v) is 3.49. The molecule has 1 aromatic heterocycles. The molecule has 3 aromatic rings. The van der Waals surface area contributed by atoms with E-state index in [9.17, 15) is 4.39 Å². The molecule has 2 heterocycles. The van der Waals surface area contributed by atoms with Gasteiger partial charge in [-0.2, -0.15) is 0 Å². The monoisotopic (exact) mass is 352 g/mol. The molecule has 0 bridgehead atoms. The molecular formula is C21H21FN2O2. The van der Waals surface area contributed by atoms with Crippen molar-refractivity contribution >= 4 is 0 Å². The molecule has 0 spiro atoms. The molecule has 0 radical (unpaired) electrons. The van der Waals surface area contributed by atoms with Crippen molar-refractivity contribution in [2.45, 2.75) is 26.4 Å². The summed E-state index contributed by atoms with van der Waals surface area (Å²) in [4.78, 5) is 2.32. The van der Waals surface area contributed by atoms with Crippen LogP contribution in [0.2, 0.25) is 0 Å². The lowest BCUT2D eigenvalue weighted by molar-refractivity contribution is 0.226. The molecule has 5 heteroatoms. The van der Waals surface area contributed by atoms with Gasteiger partial charge in [-0.05, 0) is 30.7 Å². The minimum absolute atomic E-state index is 0.277. The Hall–Kier alpha value is -2.66. The Labute approximate surface area is 152 Å². The number of hydrogen-bond acceptors (Lipinski definition) is 4. The zero-order valence-corrected chi connectivity index (χ0v) is 15.0. The van der Waals surface area contributed by atoms with Crippen LogP contribution in [0.25, 0.3) is 11.3 Å². The maximum absolute atomic E-state index is 14.2. The third-order valence-electron chi connectivity index (χ3n) is 4.87. The van der Waals surface area contributed by atoms with E-state index in [1.807, 2.05) is 6.07 Å². The molecule has 0 saturated carbocycles. The minimum atomic E-state index is -0.277. The number of fused-ring (bicyclic) bond motifs is 1. The molecule has 4 rings (SSSR count). The van der Waals surface area contributed by atoms with E-state index >= 15 is 0 Å². The van der Waals surface area contributed by atoms with E-state index in [-0.39, 0.29) is 5.82 Å². The lowest BCUT2D eigenvalue weighted by Crippen LogP contribution is -2.29. The number of benzene rings is 2. The minimum Gasteiger partial charge on any atom is -0.496 e. The summed E-state index contributed by atoms with van der Waals surface area (Å²) in [5.41, 5.74) is 4.40. The van der Waals surface area contributed by atoms with Gasteiger partial charge in [-0.3, -0.25) is 4.90 Å². The van der Waals surface area contributed by atoms with Crippen LogP contribution in [0.3, 0.4) is 0 Å². The molecule has 0 fully saturated rings. The molecule has 1 aliphatic rings. The Morgan fingerprint density at radius 1 is 1.23 bits per heavy atom. The molecular weight excluding hydrogens is 331 g/mol. The topological polar surface area (TPSA) is 38.5 Å². The van der Waals surface area contributed by atoms with Crippen molar-refractivity contribution in [2.24, 2.45) is 0 Å². The van der Waals surface area contributed by atoms with E-state index < -0.39 is 0 Å². The fraction of sp³-hybridized carbons (Fsp3) is 0.286. The second-order valence-electron chi connectivity index (χ2n) is 6.69. The van der Waals surface area contributed by atoms with Gasteiger partial charge in [-0.15, -0.1) is 0 Å². The Kier molecular flexibility index (Phi) is 4.47. The van der Waals surface area contributed by atoms with Crippen molar-refractivity contribution in [3.63, 3.8) is 0 Å². The highest BCUT2D eigenvalue weighted by molar-refractivity contribution is 5.64. The smallest absolute Gasteiger partial charge is 0.143 e. The van der Waals surface area contributed by atoms with E-state index in [4.69, 9.17) is 9.26 Å². The third-order valence-corrected chi connectivity index (χ3v) is 4.87. The second kappa shape index (κ2) is 6.92. The SMILES string of the molecule is COc1cc(C)ccc1CN1CCc2onc(-c3ccccc3F)c2C1. The predicted molar refractivity (Wildman–Crippen MR) is 97.4 cm³/mol. The highest BCUT2D eigenvalue weighted by Gasteiger charge is 2.26. The first-order chi connectivity index (χ1) is 12.7. The van der Waals surface area contributed by atoms with Gasteiger partial charge in [0.15, 0.2) is 0 Å². The van der Waals surface area contributed by atoms with Gasteiger partial charge in [0.05, 0.1) is 7.11 Å². The normalized spacial score (nSPS) is 14.3. The quantitative estimate of drug-likeness (QED) is 0.699. The summed E-state index contributed by atoms with van der Waals surface area (Å²) in [6.45, 7) is 4.37. The average Bonchev–Trinajstić information content (AvgIpc) is 3.06. The Bertz CT molecular complexity index is 936. The zero-order chi connectivity index (χ0) is 18.1. The molecule has 4 nitrogen and oxygen atoms in total. The van der Waals surface area contributed by atoms with Crippen LogP contribution in [0, 0.1) is 12.7 Å². The number of hydrogen-bond donors (Lipinski definition) is 0. The van der Waals surface area contributed by atoms with Gasteiger partial charge in [-0.1, -0.05) is 29.4 Å².